The fraction of sp³-hybridized carbons (Fsp3) is 0.676. The third kappa shape index (κ3) is 7.79. The van der Waals surface area contributed by atoms with Crippen molar-refractivity contribution >= 4 is 32.9 Å². The van der Waals surface area contributed by atoms with Crippen molar-refractivity contribution in [3.63, 3.8) is 0 Å². The monoisotopic (exact) mass is 687 g/mol. The Morgan fingerprint density at radius 3 is 2.35 bits per heavy atom. The van der Waals surface area contributed by atoms with Crippen molar-refractivity contribution in [1.29, 1.82) is 0 Å². The molecule has 3 fully saturated rings. The molecule has 5 rings (SSSR count). The zero-order valence-corrected chi connectivity index (χ0v) is 30.0. The lowest BCUT2D eigenvalue weighted by molar-refractivity contribution is -0.130. The predicted octanol–water partition coefficient (Wildman–Crippen LogP) is 1.33. The Labute approximate surface area is 284 Å². The Hall–Kier alpha value is -2.88. The number of hydrogen-bond acceptors (Lipinski definition) is 8. The largest absolute Gasteiger partial charge is 0.390 e. The number of carbonyl (C=O) groups excluding carboxylic acids is 2. The summed E-state index contributed by atoms with van der Waals surface area (Å²) in [5, 5.41) is 15.2. The quantitative estimate of drug-likeness (QED) is 0.322. The average molecular weight is 688 g/mol. The molecule has 2 aromatic rings. The molecule has 48 heavy (non-hydrogen) atoms. The highest BCUT2D eigenvalue weighted by atomic mass is 32.2. The van der Waals surface area contributed by atoms with Gasteiger partial charge in [0.05, 0.1) is 11.6 Å². The number of hydrogen-bond donors (Lipinski definition) is 2. The fourth-order valence-electron chi connectivity index (χ4n) is 7.87. The molecule has 2 bridgehead atoms. The van der Waals surface area contributed by atoms with E-state index in [9.17, 15) is 27.9 Å². The first kappa shape index (κ1) is 36.4. The molecule has 2 amide bonds. The Morgan fingerprint density at radius 2 is 1.73 bits per heavy atom. The first-order valence-corrected chi connectivity index (χ1v) is 18.6. The van der Waals surface area contributed by atoms with Gasteiger partial charge in [-0.3, -0.25) is 24.2 Å². The molecule has 2 N–H and O–H groups in total. The molecule has 0 saturated carbocycles. The fourth-order valence-corrected chi connectivity index (χ4v) is 8.93. The summed E-state index contributed by atoms with van der Waals surface area (Å²) in [4.78, 5) is 45.6. The second kappa shape index (κ2) is 14.9. The van der Waals surface area contributed by atoms with Gasteiger partial charge in [0.15, 0.2) is 0 Å². The molecular weight excluding hydrogens is 634 g/mol. The van der Waals surface area contributed by atoms with Crippen molar-refractivity contribution in [1.82, 2.24) is 33.2 Å². The van der Waals surface area contributed by atoms with E-state index in [0.29, 0.717) is 26.2 Å². The molecule has 1 unspecified atom stereocenters. The number of aromatic nitrogens is 1. The maximum absolute atomic E-state index is 13.5. The van der Waals surface area contributed by atoms with Gasteiger partial charge in [0.1, 0.15) is 5.56 Å². The number of para-hydroxylation sites is 1. The Kier molecular flexibility index (Phi) is 11.3. The number of benzene rings is 1. The van der Waals surface area contributed by atoms with E-state index in [-0.39, 0.29) is 59.7 Å². The highest BCUT2D eigenvalue weighted by Crippen LogP contribution is 2.36. The number of fused-ring (bicyclic) bond motifs is 3. The molecule has 3 aliphatic heterocycles. The van der Waals surface area contributed by atoms with Gasteiger partial charge in [-0.05, 0) is 70.0 Å². The molecule has 14 heteroatoms. The normalized spacial score (nSPS) is 24.2. The minimum Gasteiger partial charge on any atom is -0.390 e. The summed E-state index contributed by atoms with van der Waals surface area (Å²) < 4.78 is 29.4. The van der Waals surface area contributed by atoms with Gasteiger partial charge in [-0.1, -0.05) is 18.2 Å². The molecule has 1 aromatic heterocycles. The summed E-state index contributed by atoms with van der Waals surface area (Å²) in [6.45, 7) is 8.48. The zero-order valence-electron chi connectivity index (χ0n) is 29.2. The van der Waals surface area contributed by atoms with Gasteiger partial charge in [0.25, 0.3) is 21.7 Å². The van der Waals surface area contributed by atoms with E-state index in [1.54, 1.807) is 22.6 Å². The van der Waals surface area contributed by atoms with Crippen LogP contribution in [-0.2, 0) is 15.0 Å². The van der Waals surface area contributed by atoms with Crippen molar-refractivity contribution in [3.8, 4) is 0 Å². The molecule has 266 valence electrons. The number of carbonyl (C=O) groups is 2. The third-order valence-electron chi connectivity index (χ3n) is 10.5. The molecule has 4 heterocycles. The molecule has 1 aromatic carbocycles. The van der Waals surface area contributed by atoms with Crippen molar-refractivity contribution in [2.45, 2.75) is 89.2 Å². The third-order valence-corrected chi connectivity index (χ3v) is 12.4. The number of likely N-dealkylation sites (tertiary alicyclic amines) is 1. The standard InChI is InChI=1S/C34H53N7O6S/c1-23(2)41-32-10-8-7-9-25(32)17-31(34(41)45)33(44)35-26-18-27-11-12-28(19-26)40(27)22-30(43)21-39(24(3)42)16-15-38-14-13-29(20-38)37(6)48(46,47)36(4)5/h7-10,17,23,26-30,43H,11-16,18-22H2,1-6H3,(H,35,44)/t27-,28-,29+,30?/m1/s1. The van der Waals surface area contributed by atoms with Gasteiger partial charge < -0.3 is 19.9 Å². The van der Waals surface area contributed by atoms with Gasteiger partial charge in [0.2, 0.25) is 5.91 Å². The Bertz CT molecular complexity index is 1630. The van der Waals surface area contributed by atoms with Crippen LogP contribution in [-0.4, -0.2) is 144 Å². The van der Waals surface area contributed by atoms with Gasteiger partial charge >= 0.3 is 0 Å². The van der Waals surface area contributed by atoms with E-state index in [4.69, 9.17) is 0 Å². The van der Waals surface area contributed by atoms with Crippen LogP contribution in [0.15, 0.2) is 35.1 Å². The number of aliphatic hydroxyl groups is 1. The van der Waals surface area contributed by atoms with Crippen LogP contribution in [0.5, 0.6) is 0 Å². The lowest BCUT2D eigenvalue weighted by atomic mass is 9.96. The van der Waals surface area contributed by atoms with E-state index < -0.39 is 16.3 Å². The smallest absolute Gasteiger partial charge is 0.281 e. The maximum Gasteiger partial charge on any atom is 0.281 e. The van der Waals surface area contributed by atoms with Crippen molar-refractivity contribution in [2.24, 2.45) is 0 Å². The highest BCUT2D eigenvalue weighted by Gasteiger charge is 2.42. The number of rotatable bonds is 13. The number of aliphatic hydroxyl groups excluding tert-OH is 1. The highest BCUT2D eigenvalue weighted by molar-refractivity contribution is 7.86. The number of nitrogens with zero attached hydrogens (tertiary/aromatic N) is 6. The van der Waals surface area contributed by atoms with Gasteiger partial charge in [-0.2, -0.15) is 17.0 Å². The van der Waals surface area contributed by atoms with E-state index in [0.717, 1.165) is 49.6 Å². The van der Waals surface area contributed by atoms with Crippen LogP contribution in [0.1, 0.15) is 69.3 Å². The van der Waals surface area contributed by atoms with E-state index in [2.05, 4.69) is 15.1 Å². The average Bonchev–Trinajstić information content (AvgIpc) is 3.58. The minimum atomic E-state index is -3.49. The SMILES string of the molecule is CC(=O)N(CCN1CC[C@H](N(C)S(=O)(=O)N(C)C)C1)CC(O)CN1[C@@H]2CC[C@@H]1CC(NC(=O)c1cc3ccccc3n(C(C)C)c1=O)C2. The molecule has 0 radical (unpaired) electrons. The van der Waals surface area contributed by atoms with Gasteiger partial charge in [-0.25, -0.2) is 0 Å². The Morgan fingerprint density at radius 1 is 1.06 bits per heavy atom. The molecule has 3 saturated heterocycles. The molecule has 3 aliphatic rings. The minimum absolute atomic E-state index is 0.0634. The lowest BCUT2D eigenvalue weighted by Crippen LogP contribution is -2.54. The molecular formula is C34H53N7O6S. The topological polar surface area (TPSA) is 139 Å². The zero-order chi connectivity index (χ0) is 34.9. The van der Waals surface area contributed by atoms with E-state index in [1.807, 2.05) is 38.1 Å². The Balaban J connectivity index is 1.13. The van der Waals surface area contributed by atoms with Gasteiger partial charge in [0, 0.05) is 91.0 Å². The number of nitrogens with one attached hydrogen (secondary N) is 1. The number of likely N-dealkylation sites (N-methyl/N-ethyl adjacent to an activating group) is 1. The first-order chi connectivity index (χ1) is 22.7. The molecule has 13 nitrogen and oxygen atoms in total. The van der Waals surface area contributed by atoms with E-state index >= 15 is 0 Å². The second-order valence-electron chi connectivity index (χ2n) is 14.3. The second-order valence-corrected chi connectivity index (χ2v) is 16.5. The predicted molar refractivity (Wildman–Crippen MR) is 186 cm³/mol. The number of pyridine rings is 1. The summed E-state index contributed by atoms with van der Waals surface area (Å²) in [6.07, 6.45) is 3.44. The van der Waals surface area contributed by atoms with Crippen LogP contribution in [0.4, 0.5) is 0 Å². The van der Waals surface area contributed by atoms with Crippen molar-refractivity contribution < 1.29 is 23.1 Å². The number of amides is 2. The van der Waals surface area contributed by atoms with Crippen LogP contribution in [0.3, 0.4) is 0 Å². The van der Waals surface area contributed by atoms with Crippen LogP contribution in [0, 0.1) is 0 Å². The summed E-state index contributed by atoms with van der Waals surface area (Å²) >= 11 is 0. The lowest BCUT2D eigenvalue weighted by Gasteiger charge is -2.40. The molecule has 0 spiro atoms. The first-order valence-electron chi connectivity index (χ1n) is 17.2. The maximum atomic E-state index is 13.5. The summed E-state index contributed by atoms with van der Waals surface area (Å²) in [6, 6.07) is 9.45. The van der Waals surface area contributed by atoms with Crippen molar-refractivity contribution in [2.75, 3.05) is 60.4 Å². The molecule has 0 aliphatic carbocycles. The van der Waals surface area contributed by atoms with Crippen molar-refractivity contribution in [3.05, 3.63) is 46.2 Å². The van der Waals surface area contributed by atoms with Crippen LogP contribution < -0.4 is 10.9 Å². The van der Waals surface area contributed by atoms with E-state index in [1.165, 1.54) is 29.6 Å². The van der Waals surface area contributed by atoms with Crippen LogP contribution in [0.25, 0.3) is 10.9 Å². The summed E-state index contributed by atoms with van der Waals surface area (Å²) in [5.74, 6) is -0.447. The summed E-state index contributed by atoms with van der Waals surface area (Å²) in [5.41, 5.74) is 0.689. The van der Waals surface area contributed by atoms with Crippen LogP contribution in [0.2, 0.25) is 0 Å². The number of piperidine rings is 1. The van der Waals surface area contributed by atoms with Gasteiger partial charge in [-0.15, -0.1) is 0 Å². The summed E-state index contributed by atoms with van der Waals surface area (Å²) in [7, 11) is 1.17. The molecule has 4 atom stereocenters. The van der Waals surface area contributed by atoms with Crippen LogP contribution >= 0.6 is 0 Å².